The molecule has 0 radical (unpaired) electrons. The van der Waals surface area contributed by atoms with Gasteiger partial charge in [0.25, 0.3) is 0 Å². The van der Waals surface area contributed by atoms with E-state index in [-0.39, 0.29) is 17.6 Å². The topological polar surface area (TPSA) is 121 Å². The fourth-order valence-electron chi connectivity index (χ4n) is 4.23. The SMILES string of the molecule is CC(=O)c1cccc(NC(=O)C(C)Nc2nc(Nc3cc(C)cc(C)c3)nc(Nc3cc(C)cc(C)c3)n2)c1. The molecule has 3 aromatic carbocycles. The predicted octanol–water partition coefficient (Wildman–Crippen LogP) is 6.23. The monoisotopic (exact) mass is 523 g/mol. The van der Waals surface area contributed by atoms with Crippen molar-refractivity contribution in [3.63, 3.8) is 0 Å². The number of hydrogen-bond donors (Lipinski definition) is 4. The van der Waals surface area contributed by atoms with Crippen molar-refractivity contribution in [3.8, 4) is 0 Å². The number of aryl methyl sites for hydroxylation is 4. The fraction of sp³-hybridized carbons (Fsp3) is 0.233. The number of hydrogen-bond acceptors (Lipinski definition) is 8. The number of benzene rings is 3. The van der Waals surface area contributed by atoms with Crippen LogP contribution in [-0.4, -0.2) is 32.7 Å². The minimum atomic E-state index is -0.684. The molecular formula is C30H33N7O2. The number of amides is 1. The normalized spacial score (nSPS) is 11.4. The molecule has 4 N–H and O–H groups in total. The highest BCUT2D eigenvalue weighted by molar-refractivity contribution is 5.99. The van der Waals surface area contributed by atoms with Crippen molar-refractivity contribution in [2.75, 3.05) is 21.3 Å². The van der Waals surface area contributed by atoms with Gasteiger partial charge in [0, 0.05) is 22.6 Å². The Morgan fingerprint density at radius 2 is 1.15 bits per heavy atom. The lowest BCUT2D eigenvalue weighted by Gasteiger charge is -2.16. The molecule has 4 aromatic rings. The number of anilines is 6. The van der Waals surface area contributed by atoms with Gasteiger partial charge in [0.1, 0.15) is 6.04 Å². The highest BCUT2D eigenvalue weighted by atomic mass is 16.2. The van der Waals surface area contributed by atoms with Crippen LogP contribution in [0.5, 0.6) is 0 Å². The largest absolute Gasteiger partial charge is 0.342 e. The molecule has 1 heterocycles. The van der Waals surface area contributed by atoms with E-state index in [4.69, 9.17) is 0 Å². The van der Waals surface area contributed by atoms with Gasteiger partial charge in [0.15, 0.2) is 5.78 Å². The summed E-state index contributed by atoms with van der Waals surface area (Å²) in [4.78, 5) is 38.3. The zero-order valence-electron chi connectivity index (χ0n) is 23.0. The third-order valence-corrected chi connectivity index (χ3v) is 5.87. The van der Waals surface area contributed by atoms with E-state index in [1.54, 1.807) is 31.2 Å². The molecular weight excluding hydrogens is 490 g/mol. The maximum Gasteiger partial charge on any atom is 0.246 e. The Labute approximate surface area is 228 Å². The molecule has 39 heavy (non-hydrogen) atoms. The van der Waals surface area contributed by atoms with Gasteiger partial charge in [-0.3, -0.25) is 9.59 Å². The quantitative estimate of drug-likeness (QED) is 0.190. The maximum absolute atomic E-state index is 12.9. The Hall–Kier alpha value is -4.79. The molecule has 0 aliphatic rings. The van der Waals surface area contributed by atoms with E-state index < -0.39 is 6.04 Å². The van der Waals surface area contributed by atoms with Crippen LogP contribution < -0.4 is 21.3 Å². The lowest BCUT2D eigenvalue weighted by Crippen LogP contribution is -2.32. The summed E-state index contributed by atoms with van der Waals surface area (Å²) in [5.41, 5.74) is 7.18. The molecule has 1 atom stereocenters. The van der Waals surface area contributed by atoms with E-state index in [0.29, 0.717) is 23.1 Å². The van der Waals surface area contributed by atoms with Gasteiger partial charge >= 0.3 is 0 Å². The van der Waals surface area contributed by atoms with Crippen LogP contribution in [0.15, 0.2) is 60.7 Å². The molecule has 0 saturated carbocycles. The number of aromatic nitrogens is 3. The first-order valence-electron chi connectivity index (χ1n) is 12.7. The molecule has 1 amide bonds. The van der Waals surface area contributed by atoms with E-state index in [1.807, 2.05) is 52.0 Å². The zero-order valence-corrected chi connectivity index (χ0v) is 23.0. The molecule has 9 heteroatoms. The molecule has 0 aliphatic heterocycles. The van der Waals surface area contributed by atoms with Crippen molar-refractivity contribution in [1.82, 2.24) is 15.0 Å². The van der Waals surface area contributed by atoms with Crippen molar-refractivity contribution in [3.05, 3.63) is 88.5 Å². The second kappa shape index (κ2) is 11.7. The van der Waals surface area contributed by atoms with Gasteiger partial charge in [-0.25, -0.2) is 0 Å². The Balaban J connectivity index is 1.59. The number of carbonyl (C=O) groups excluding carboxylic acids is 2. The number of Topliss-reactive ketones (excluding diaryl/α,β-unsaturated/α-hetero) is 1. The van der Waals surface area contributed by atoms with Crippen LogP contribution in [0.2, 0.25) is 0 Å². The standard InChI is InChI=1S/C30H33N7O2/c1-17-10-18(2)13-25(12-17)33-29-35-28(36-30(37-29)34-26-14-19(3)11-20(4)15-26)31-21(5)27(39)32-24-9-7-8-23(16-24)22(6)38/h7-16,21H,1-6H3,(H,32,39)(H3,31,33,34,35,36,37). The summed E-state index contributed by atoms with van der Waals surface area (Å²) in [7, 11) is 0. The summed E-state index contributed by atoms with van der Waals surface area (Å²) in [6, 6.07) is 18.3. The van der Waals surface area contributed by atoms with E-state index in [9.17, 15) is 9.59 Å². The van der Waals surface area contributed by atoms with Crippen LogP contribution in [0.4, 0.5) is 34.9 Å². The predicted molar refractivity (Wildman–Crippen MR) is 156 cm³/mol. The van der Waals surface area contributed by atoms with Gasteiger partial charge in [-0.15, -0.1) is 0 Å². The van der Waals surface area contributed by atoms with Crippen LogP contribution in [0.25, 0.3) is 0 Å². The summed E-state index contributed by atoms with van der Waals surface area (Å²) in [5, 5.41) is 12.4. The minimum absolute atomic E-state index is 0.0740. The van der Waals surface area contributed by atoms with Gasteiger partial charge in [0.05, 0.1) is 0 Å². The van der Waals surface area contributed by atoms with Crippen LogP contribution in [0.3, 0.4) is 0 Å². The number of nitrogens with one attached hydrogen (secondary N) is 4. The van der Waals surface area contributed by atoms with Gasteiger partial charge in [-0.1, -0.05) is 24.3 Å². The van der Waals surface area contributed by atoms with Crippen LogP contribution in [0, 0.1) is 27.7 Å². The molecule has 9 nitrogen and oxygen atoms in total. The first-order valence-corrected chi connectivity index (χ1v) is 12.7. The van der Waals surface area contributed by atoms with Crippen molar-refractivity contribution < 1.29 is 9.59 Å². The highest BCUT2D eigenvalue weighted by Crippen LogP contribution is 2.22. The summed E-state index contributed by atoms with van der Waals surface area (Å²) in [5.74, 6) is 0.500. The minimum Gasteiger partial charge on any atom is -0.342 e. The third kappa shape index (κ3) is 7.61. The Morgan fingerprint density at radius 3 is 1.64 bits per heavy atom. The van der Waals surface area contributed by atoms with E-state index in [2.05, 4.69) is 48.4 Å². The molecule has 1 unspecified atom stereocenters. The number of rotatable bonds is 9. The number of carbonyl (C=O) groups is 2. The summed E-state index contributed by atoms with van der Waals surface area (Å²) >= 11 is 0. The summed E-state index contributed by atoms with van der Waals surface area (Å²) in [6.07, 6.45) is 0. The third-order valence-electron chi connectivity index (χ3n) is 5.87. The van der Waals surface area contributed by atoms with Crippen molar-refractivity contribution in [1.29, 1.82) is 0 Å². The van der Waals surface area contributed by atoms with E-state index in [0.717, 1.165) is 33.6 Å². The highest BCUT2D eigenvalue weighted by Gasteiger charge is 2.17. The van der Waals surface area contributed by atoms with Gasteiger partial charge in [-0.2, -0.15) is 15.0 Å². The average molecular weight is 524 g/mol. The Bertz CT molecular complexity index is 1420. The second-order valence-electron chi connectivity index (χ2n) is 9.80. The summed E-state index contributed by atoms with van der Waals surface area (Å²) in [6.45, 7) is 11.3. The lowest BCUT2D eigenvalue weighted by molar-refractivity contribution is -0.116. The zero-order chi connectivity index (χ0) is 28.1. The van der Waals surface area contributed by atoms with Gasteiger partial charge in [0.2, 0.25) is 23.8 Å². The van der Waals surface area contributed by atoms with Gasteiger partial charge in [-0.05, 0) is 100 Å². The molecule has 0 spiro atoms. The Morgan fingerprint density at radius 1 is 0.667 bits per heavy atom. The molecule has 0 saturated heterocycles. The number of ketones is 1. The summed E-state index contributed by atoms with van der Waals surface area (Å²) < 4.78 is 0. The van der Waals surface area contributed by atoms with Crippen molar-refractivity contribution >= 4 is 46.6 Å². The molecule has 0 aliphatic carbocycles. The average Bonchev–Trinajstić information content (AvgIpc) is 2.82. The van der Waals surface area contributed by atoms with Crippen LogP contribution in [-0.2, 0) is 4.79 Å². The molecule has 200 valence electrons. The first kappa shape index (κ1) is 27.3. The smallest absolute Gasteiger partial charge is 0.246 e. The van der Waals surface area contributed by atoms with Gasteiger partial charge < -0.3 is 21.3 Å². The van der Waals surface area contributed by atoms with Crippen molar-refractivity contribution in [2.45, 2.75) is 47.6 Å². The molecule has 4 rings (SSSR count). The van der Waals surface area contributed by atoms with E-state index >= 15 is 0 Å². The fourth-order valence-corrected chi connectivity index (χ4v) is 4.23. The van der Waals surface area contributed by atoms with E-state index in [1.165, 1.54) is 6.92 Å². The van der Waals surface area contributed by atoms with Crippen LogP contribution in [0.1, 0.15) is 46.5 Å². The number of nitrogens with zero attached hydrogens (tertiary/aromatic N) is 3. The lowest BCUT2D eigenvalue weighted by atomic mass is 10.1. The molecule has 0 fully saturated rings. The first-order chi connectivity index (χ1) is 18.5. The second-order valence-corrected chi connectivity index (χ2v) is 9.80. The van der Waals surface area contributed by atoms with Crippen LogP contribution >= 0.6 is 0 Å². The molecule has 0 bridgehead atoms. The Kier molecular flexibility index (Phi) is 8.19. The molecule has 1 aromatic heterocycles. The maximum atomic E-state index is 12.9. The van der Waals surface area contributed by atoms with Crippen molar-refractivity contribution in [2.24, 2.45) is 0 Å².